The molecular formula is C26H23F4NO4. The van der Waals surface area contributed by atoms with Gasteiger partial charge in [0.25, 0.3) is 0 Å². The molecule has 1 amide bonds. The van der Waals surface area contributed by atoms with E-state index in [-0.39, 0.29) is 48.4 Å². The Morgan fingerprint density at radius 3 is 2.29 bits per heavy atom. The lowest BCUT2D eigenvalue weighted by molar-refractivity contribution is -0.138. The van der Waals surface area contributed by atoms with Gasteiger partial charge in [0.05, 0.1) is 12.0 Å². The van der Waals surface area contributed by atoms with Crippen molar-refractivity contribution in [2.75, 3.05) is 6.54 Å². The maximum atomic E-state index is 14.7. The second kappa shape index (κ2) is 11.0. The number of carboxylic acids is 1. The lowest BCUT2D eigenvalue weighted by Gasteiger charge is -2.23. The number of hydrogen-bond donors (Lipinski definition) is 1. The van der Waals surface area contributed by atoms with Gasteiger partial charge in [0.1, 0.15) is 12.4 Å². The molecule has 0 aliphatic carbocycles. The van der Waals surface area contributed by atoms with Gasteiger partial charge in [-0.05, 0) is 53.4 Å². The fourth-order valence-electron chi connectivity index (χ4n) is 3.55. The fraction of sp³-hybridized carbons (Fsp3) is 0.231. The molecule has 0 aliphatic rings. The summed E-state index contributed by atoms with van der Waals surface area (Å²) in [6.07, 6.45) is -5.77. The van der Waals surface area contributed by atoms with Crippen molar-refractivity contribution in [2.24, 2.45) is 0 Å². The standard InChI is InChI=1S/C26H23F4NO4/c1-2-31(25(34)35-16-17-6-4-3-5-7-17)15-19-14-20(26(28,29)30)9-10-21(19)22-12-18(13-24(32)33)8-11-23(22)27/h3-12,14H,2,13,15-16H2,1H3,(H,32,33). The van der Waals surface area contributed by atoms with Crippen LogP contribution in [0.3, 0.4) is 0 Å². The normalized spacial score (nSPS) is 11.2. The van der Waals surface area contributed by atoms with E-state index in [0.29, 0.717) is 0 Å². The minimum Gasteiger partial charge on any atom is -0.481 e. The Morgan fingerprint density at radius 2 is 1.66 bits per heavy atom. The summed E-state index contributed by atoms with van der Waals surface area (Å²) in [5.41, 5.74) is 0.193. The van der Waals surface area contributed by atoms with Crippen LogP contribution in [0.5, 0.6) is 0 Å². The second-order valence-corrected chi connectivity index (χ2v) is 7.81. The SMILES string of the molecule is CCN(Cc1cc(C(F)(F)F)ccc1-c1cc(CC(=O)O)ccc1F)C(=O)OCc1ccccc1. The van der Waals surface area contributed by atoms with Crippen LogP contribution in [0.15, 0.2) is 66.7 Å². The number of aliphatic carboxylic acids is 1. The average molecular weight is 489 g/mol. The largest absolute Gasteiger partial charge is 0.481 e. The van der Waals surface area contributed by atoms with Crippen LogP contribution in [0.2, 0.25) is 0 Å². The Kier molecular flexibility index (Phi) is 8.11. The number of carbonyl (C=O) groups excluding carboxylic acids is 1. The summed E-state index contributed by atoms with van der Waals surface area (Å²) in [5.74, 6) is -1.86. The number of rotatable bonds is 8. The van der Waals surface area contributed by atoms with E-state index in [1.165, 1.54) is 17.0 Å². The molecule has 184 valence electrons. The van der Waals surface area contributed by atoms with Gasteiger partial charge in [0.2, 0.25) is 0 Å². The maximum Gasteiger partial charge on any atom is 0.416 e. The van der Waals surface area contributed by atoms with Crippen LogP contribution in [0.25, 0.3) is 11.1 Å². The van der Waals surface area contributed by atoms with Crippen LogP contribution in [0.4, 0.5) is 22.4 Å². The minimum atomic E-state index is -4.65. The van der Waals surface area contributed by atoms with E-state index in [1.807, 2.05) is 6.07 Å². The lowest BCUT2D eigenvalue weighted by Crippen LogP contribution is -2.31. The zero-order chi connectivity index (χ0) is 25.6. The molecule has 0 saturated heterocycles. The second-order valence-electron chi connectivity index (χ2n) is 7.81. The molecule has 0 heterocycles. The lowest BCUT2D eigenvalue weighted by atomic mass is 9.94. The number of amides is 1. The van der Waals surface area contributed by atoms with Gasteiger partial charge in [0, 0.05) is 18.7 Å². The summed E-state index contributed by atoms with van der Waals surface area (Å²) in [4.78, 5) is 24.9. The molecule has 3 aromatic rings. The number of carbonyl (C=O) groups is 2. The number of benzene rings is 3. The molecule has 0 aromatic heterocycles. The highest BCUT2D eigenvalue weighted by atomic mass is 19.4. The first-order valence-corrected chi connectivity index (χ1v) is 10.7. The molecule has 3 rings (SSSR count). The molecule has 0 fully saturated rings. The van der Waals surface area contributed by atoms with Crippen LogP contribution in [0.1, 0.15) is 29.2 Å². The molecule has 3 aromatic carbocycles. The van der Waals surface area contributed by atoms with Gasteiger partial charge in [-0.25, -0.2) is 9.18 Å². The number of nitrogens with zero attached hydrogens (tertiary/aromatic N) is 1. The monoisotopic (exact) mass is 489 g/mol. The first kappa shape index (κ1) is 25.7. The van der Waals surface area contributed by atoms with Crippen LogP contribution >= 0.6 is 0 Å². The van der Waals surface area contributed by atoms with Crippen molar-refractivity contribution in [1.82, 2.24) is 4.90 Å². The maximum absolute atomic E-state index is 14.7. The minimum absolute atomic E-state index is 0.0164. The summed E-state index contributed by atoms with van der Waals surface area (Å²) in [7, 11) is 0. The van der Waals surface area contributed by atoms with E-state index < -0.39 is 29.6 Å². The highest BCUT2D eigenvalue weighted by molar-refractivity contribution is 5.74. The highest BCUT2D eigenvalue weighted by Gasteiger charge is 2.31. The van der Waals surface area contributed by atoms with Crippen molar-refractivity contribution in [2.45, 2.75) is 32.7 Å². The number of hydrogen-bond acceptors (Lipinski definition) is 3. The molecular weight excluding hydrogens is 466 g/mol. The number of halogens is 4. The molecule has 1 N–H and O–H groups in total. The third-order valence-corrected chi connectivity index (χ3v) is 5.32. The molecule has 9 heteroatoms. The number of ether oxygens (including phenoxy) is 1. The summed E-state index contributed by atoms with van der Waals surface area (Å²) >= 11 is 0. The van der Waals surface area contributed by atoms with Gasteiger partial charge in [-0.2, -0.15) is 13.2 Å². The highest BCUT2D eigenvalue weighted by Crippen LogP contribution is 2.35. The Bertz CT molecular complexity index is 1200. The summed E-state index contributed by atoms with van der Waals surface area (Å²) in [5, 5.41) is 9.05. The van der Waals surface area contributed by atoms with Crippen molar-refractivity contribution in [3.05, 3.63) is 94.8 Å². The van der Waals surface area contributed by atoms with Gasteiger partial charge in [0.15, 0.2) is 0 Å². The van der Waals surface area contributed by atoms with Crippen molar-refractivity contribution in [3.63, 3.8) is 0 Å². The number of alkyl halides is 3. The first-order chi connectivity index (χ1) is 16.6. The van der Waals surface area contributed by atoms with Crippen LogP contribution < -0.4 is 0 Å². The van der Waals surface area contributed by atoms with E-state index in [9.17, 15) is 27.2 Å². The van der Waals surface area contributed by atoms with E-state index in [4.69, 9.17) is 9.84 Å². The predicted octanol–water partition coefficient (Wildman–Crippen LogP) is 6.30. The summed E-state index contributed by atoms with van der Waals surface area (Å²) < 4.78 is 60.3. The first-order valence-electron chi connectivity index (χ1n) is 10.7. The van der Waals surface area contributed by atoms with Crippen molar-refractivity contribution >= 4 is 12.1 Å². The molecule has 35 heavy (non-hydrogen) atoms. The van der Waals surface area contributed by atoms with Gasteiger partial charge < -0.3 is 14.7 Å². The van der Waals surface area contributed by atoms with E-state index in [2.05, 4.69) is 0 Å². The van der Waals surface area contributed by atoms with Crippen LogP contribution in [0, 0.1) is 5.82 Å². The molecule has 0 atom stereocenters. The van der Waals surface area contributed by atoms with Crippen molar-refractivity contribution in [1.29, 1.82) is 0 Å². The van der Waals surface area contributed by atoms with E-state index in [1.54, 1.807) is 31.2 Å². The van der Waals surface area contributed by atoms with E-state index >= 15 is 0 Å². The van der Waals surface area contributed by atoms with Gasteiger partial charge in [-0.1, -0.05) is 42.5 Å². The van der Waals surface area contributed by atoms with Crippen molar-refractivity contribution < 1.29 is 37.0 Å². The van der Waals surface area contributed by atoms with Gasteiger partial charge in [-0.3, -0.25) is 4.79 Å². The molecule has 0 radical (unpaired) electrons. The van der Waals surface area contributed by atoms with Crippen molar-refractivity contribution in [3.8, 4) is 11.1 Å². The Balaban J connectivity index is 1.96. The zero-order valence-electron chi connectivity index (χ0n) is 18.8. The molecule has 0 spiro atoms. The molecule has 0 bridgehead atoms. The third kappa shape index (κ3) is 6.81. The van der Waals surface area contributed by atoms with Crippen LogP contribution in [-0.2, 0) is 35.3 Å². The Labute approximate surface area is 199 Å². The molecule has 0 aliphatic heterocycles. The fourth-order valence-corrected chi connectivity index (χ4v) is 3.55. The van der Waals surface area contributed by atoms with Gasteiger partial charge in [-0.15, -0.1) is 0 Å². The Hall–Kier alpha value is -3.88. The van der Waals surface area contributed by atoms with E-state index in [0.717, 1.165) is 29.8 Å². The quantitative estimate of drug-likeness (QED) is 0.377. The third-order valence-electron chi connectivity index (χ3n) is 5.32. The predicted molar refractivity (Wildman–Crippen MR) is 121 cm³/mol. The number of carboxylic acid groups (broad SMARTS) is 1. The Morgan fingerprint density at radius 1 is 0.943 bits per heavy atom. The topological polar surface area (TPSA) is 66.8 Å². The molecule has 0 unspecified atom stereocenters. The summed E-state index contributed by atoms with van der Waals surface area (Å²) in [6.45, 7) is 1.49. The molecule has 0 saturated carbocycles. The molecule has 5 nitrogen and oxygen atoms in total. The summed E-state index contributed by atoms with van der Waals surface area (Å²) in [6, 6.07) is 15.4. The zero-order valence-corrected chi connectivity index (χ0v) is 18.8. The van der Waals surface area contributed by atoms with Crippen LogP contribution in [-0.4, -0.2) is 28.6 Å². The average Bonchev–Trinajstić information content (AvgIpc) is 2.82. The smallest absolute Gasteiger partial charge is 0.416 e. The van der Waals surface area contributed by atoms with Gasteiger partial charge >= 0.3 is 18.2 Å².